The highest BCUT2D eigenvalue weighted by molar-refractivity contribution is 9.10. The number of nitrogens with zero attached hydrogens (tertiary/aromatic N) is 2. The van der Waals surface area contributed by atoms with Crippen molar-refractivity contribution in [1.29, 1.82) is 0 Å². The van der Waals surface area contributed by atoms with Crippen LogP contribution in [0.25, 0.3) is 11.0 Å². The van der Waals surface area contributed by atoms with Crippen LogP contribution in [0.15, 0.2) is 77.3 Å². The summed E-state index contributed by atoms with van der Waals surface area (Å²) < 4.78 is 3.22. The lowest BCUT2D eigenvalue weighted by Crippen LogP contribution is -2.11. The summed E-state index contributed by atoms with van der Waals surface area (Å²) in [4.78, 5) is 4.78. The molecule has 0 aliphatic rings. The van der Waals surface area contributed by atoms with Crippen LogP contribution in [0.4, 0.5) is 0 Å². The maximum Gasteiger partial charge on any atom is 0.113 e. The summed E-state index contributed by atoms with van der Waals surface area (Å²) in [5, 5.41) is 11.3. The second kappa shape index (κ2) is 7.85. The molecule has 5 heteroatoms. The van der Waals surface area contributed by atoms with E-state index in [-0.39, 0.29) is 0 Å². The monoisotopic (exact) mass is 440 g/mol. The van der Waals surface area contributed by atoms with Crippen molar-refractivity contribution in [3.8, 4) is 0 Å². The van der Waals surface area contributed by atoms with Crippen molar-refractivity contribution in [2.75, 3.05) is 0 Å². The fraction of sp³-hybridized carbons (Fsp3) is 0.136. The number of halogens is 2. The van der Waals surface area contributed by atoms with Crippen molar-refractivity contribution < 1.29 is 5.11 Å². The number of benzene rings is 3. The van der Waals surface area contributed by atoms with Gasteiger partial charge in [-0.2, -0.15) is 0 Å². The quantitative estimate of drug-likeness (QED) is 0.426. The number of aliphatic hydroxyl groups is 1. The zero-order valence-electron chi connectivity index (χ0n) is 14.5. The predicted octanol–water partition coefficient (Wildman–Crippen LogP) is 5.78. The Kier molecular flexibility index (Phi) is 5.30. The molecule has 1 aromatic heterocycles. The number of para-hydroxylation sites is 2. The smallest absolute Gasteiger partial charge is 0.113 e. The number of fused-ring (bicyclic) bond motifs is 1. The summed E-state index contributed by atoms with van der Waals surface area (Å²) in [6.45, 7) is 0.673. The van der Waals surface area contributed by atoms with Crippen molar-refractivity contribution in [1.82, 2.24) is 9.55 Å². The number of hydrogen-bond acceptors (Lipinski definition) is 2. The van der Waals surface area contributed by atoms with Crippen molar-refractivity contribution in [2.24, 2.45) is 0 Å². The SMILES string of the molecule is OC(Cc1nc2ccccc2n1Cc1ccccc1Br)c1ccccc1Cl. The molecule has 0 fully saturated rings. The highest BCUT2D eigenvalue weighted by atomic mass is 79.9. The minimum Gasteiger partial charge on any atom is -0.388 e. The maximum atomic E-state index is 10.8. The molecular formula is C22H18BrClN2O. The largest absolute Gasteiger partial charge is 0.388 e. The van der Waals surface area contributed by atoms with Gasteiger partial charge in [0.05, 0.1) is 23.7 Å². The van der Waals surface area contributed by atoms with E-state index in [2.05, 4.69) is 32.6 Å². The highest BCUT2D eigenvalue weighted by Crippen LogP contribution is 2.28. The maximum absolute atomic E-state index is 10.8. The zero-order valence-corrected chi connectivity index (χ0v) is 16.9. The molecule has 0 amide bonds. The Morgan fingerprint density at radius 3 is 2.48 bits per heavy atom. The van der Waals surface area contributed by atoms with Crippen LogP contribution in [0.2, 0.25) is 5.02 Å². The summed E-state index contributed by atoms with van der Waals surface area (Å²) >= 11 is 9.89. The van der Waals surface area contributed by atoms with Crippen molar-refractivity contribution in [2.45, 2.75) is 19.1 Å². The van der Waals surface area contributed by atoms with Gasteiger partial charge in [0.25, 0.3) is 0 Å². The van der Waals surface area contributed by atoms with E-state index >= 15 is 0 Å². The molecule has 0 aliphatic carbocycles. The summed E-state index contributed by atoms with van der Waals surface area (Å²) in [7, 11) is 0. The number of imidazole rings is 1. The number of rotatable bonds is 5. The molecule has 136 valence electrons. The molecule has 1 atom stereocenters. The third-order valence-corrected chi connectivity index (χ3v) is 5.78. The van der Waals surface area contributed by atoms with Crippen molar-refractivity contribution >= 4 is 38.6 Å². The summed E-state index contributed by atoms with van der Waals surface area (Å²) in [5.74, 6) is 0.833. The molecule has 4 rings (SSSR count). The van der Waals surface area contributed by atoms with Gasteiger partial charge in [-0.1, -0.05) is 76.1 Å². The predicted molar refractivity (Wildman–Crippen MR) is 113 cm³/mol. The first-order chi connectivity index (χ1) is 13.1. The lowest BCUT2D eigenvalue weighted by Gasteiger charge is -2.15. The van der Waals surface area contributed by atoms with E-state index in [1.165, 1.54) is 0 Å². The first kappa shape index (κ1) is 18.2. The standard InChI is InChI=1S/C22H18BrClN2O/c23-17-9-3-1-7-15(17)14-26-20-12-6-5-11-19(20)25-22(26)13-21(27)16-8-2-4-10-18(16)24/h1-12,21,27H,13-14H2. The number of aliphatic hydroxyl groups excluding tert-OH is 1. The fourth-order valence-corrected chi connectivity index (χ4v) is 3.95. The first-order valence-electron chi connectivity index (χ1n) is 8.73. The van der Waals surface area contributed by atoms with E-state index in [1.54, 1.807) is 6.07 Å². The van der Waals surface area contributed by atoms with Gasteiger partial charge >= 0.3 is 0 Å². The Labute approximate surface area is 171 Å². The lowest BCUT2D eigenvalue weighted by atomic mass is 10.1. The van der Waals surface area contributed by atoms with Gasteiger partial charge in [0.2, 0.25) is 0 Å². The Balaban J connectivity index is 1.74. The molecule has 1 N–H and O–H groups in total. The lowest BCUT2D eigenvalue weighted by molar-refractivity contribution is 0.175. The van der Waals surface area contributed by atoms with E-state index < -0.39 is 6.10 Å². The van der Waals surface area contributed by atoms with Crippen molar-refractivity contribution in [3.05, 3.63) is 99.2 Å². The van der Waals surface area contributed by atoms with Crippen LogP contribution in [-0.4, -0.2) is 14.7 Å². The van der Waals surface area contributed by atoms with Crippen LogP contribution >= 0.6 is 27.5 Å². The van der Waals surface area contributed by atoms with Gasteiger partial charge in [0.15, 0.2) is 0 Å². The molecular weight excluding hydrogens is 424 g/mol. The minimum atomic E-state index is -0.714. The van der Waals surface area contributed by atoms with Gasteiger partial charge in [0.1, 0.15) is 5.82 Å². The second-order valence-corrected chi connectivity index (χ2v) is 7.70. The molecule has 0 saturated heterocycles. The molecule has 3 nitrogen and oxygen atoms in total. The van der Waals surface area contributed by atoms with Crippen LogP contribution in [0.3, 0.4) is 0 Å². The van der Waals surface area contributed by atoms with Crippen LogP contribution in [0.5, 0.6) is 0 Å². The molecule has 0 aliphatic heterocycles. The van der Waals surface area contributed by atoms with Crippen molar-refractivity contribution in [3.63, 3.8) is 0 Å². The molecule has 0 radical (unpaired) electrons. The Bertz CT molecular complexity index is 1090. The van der Waals surface area contributed by atoms with Gasteiger partial charge in [-0.25, -0.2) is 4.98 Å². The summed E-state index contributed by atoms with van der Waals surface area (Å²) in [6, 6.07) is 23.6. The Hall–Kier alpha value is -2.14. The molecule has 0 saturated carbocycles. The second-order valence-electron chi connectivity index (χ2n) is 6.44. The van der Waals surface area contributed by atoms with Gasteiger partial charge in [-0.05, 0) is 35.4 Å². The van der Waals surface area contributed by atoms with Gasteiger partial charge in [-0.3, -0.25) is 0 Å². The molecule has 1 unspecified atom stereocenters. The first-order valence-corrected chi connectivity index (χ1v) is 9.90. The third kappa shape index (κ3) is 3.79. The number of hydrogen-bond donors (Lipinski definition) is 1. The molecule has 4 aromatic rings. The molecule has 27 heavy (non-hydrogen) atoms. The average Bonchev–Trinajstić information content (AvgIpc) is 3.01. The third-order valence-electron chi connectivity index (χ3n) is 4.66. The fourth-order valence-electron chi connectivity index (χ4n) is 3.28. The minimum absolute atomic E-state index is 0.392. The normalized spacial score (nSPS) is 12.4. The Morgan fingerprint density at radius 1 is 0.963 bits per heavy atom. The number of aromatic nitrogens is 2. The molecule has 0 bridgehead atoms. The van der Waals surface area contributed by atoms with Crippen LogP contribution < -0.4 is 0 Å². The van der Waals surface area contributed by atoms with Gasteiger partial charge < -0.3 is 9.67 Å². The zero-order chi connectivity index (χ0) is 18.8. The van der Waals surface area contributed by atoms with Gasteiger partial charge in [-0.15, -0.1) is 0 Å². The van der Waals surface area contributed by atoms with E-state index in [1.807, 2.05) is 54.6 Å². The van der Waals surface area contributed by atoms with Crippen LogP contribution in [0.1, 0.15) is 23.1 Å². The molecule has 1 heterocycles. The summed E-state index contributed by atoms with van der Waals surface area (Å²) in [6.07, 6.45) is -0.323. The van der Waals surface area contributed by atoms with Crippen LogP contribution in [-0.2, 0) is 13.0 Å². The van der Waals surface area contributed by atoms with E-state index in [4.69, 9.17) is 16.6 Å². The molecule has 0 spiro atoms. The summed E-state index contributed by atoms with van der Waals surface area (Å²) in [5.41, 5.74) is 3.85. The average molecular weight is 442 g/mol. The highest BCUT2D eigenvalue weighted by Gasteiger charge is 2.18. The molecule has 3 aromatic carbocycles. The topological polar surface area (TPSA) is 38.1 Å². The Morgan fingerprint density at radius 2 is 1.67 bits per heavy atom. The van der Waals surface area contributed by atoms with E-state index in [9.17, 15) is 5.11 Å². The van der Waals surface area contributed by atoms with E-state index in [0.717, 1.165) is 32.5 Å². The van der Waals surface area contributed by atoms with Crippen LogP contribution in [0, 0.1) is 0 Å². The van der Waals surface area contributed by atoms with E-state index in [0.29, 0.717) is 18.0 Å². The van der Waals surface area contributed by atoms with Gasteiger partial charge in [0, 0.05) is 15.9 Å².